The van der Waals surface area contributed by atoms with Crippen LogP contribution in [0.15, 0.2) is 23.6 Å². The van der Waals surface area contributed by atoms with E-state index in [2.05, 4.69) is 10.2 Å². The summed E-state index contributed by atoms with van der Waals surface area (Å²) in [7, 11) is 1.23. The number of nitrogens with two attached hydrogens (primary N) is 1. The molecule has 1 aliphatic rings. The van der Waals surface area contributed by atoms with E-state index in [0.29, 0.717) is 16.8 Å². The van der Waals surface area contributed by atoms with Gasteiger partial charge in [0.15, 0.2) is 0 Å². The Balaban J connectivity index is 2.31. The monoisotopic (exact) mass is 342 g/mol. The maximum Gasteiger partial charge on any atom is 0.265 e. The minimum absolute atomic E-state index is 0.0620. The molecule has 0 saturated heterocycles. The zero-order valence-electron chi connectivity index (χ0n) is 13.2. The summed E-state index contributed by atoms with van der Waals surface area (Å²) in [6.45, 7) is 1.71. The highest BCUT2D eigenvalue weighted by Crippen LogP contribution is 2.46. The van der Waals surface area contributed by atoms with Crippen molar-refractivity contribution in [1.82, 2.24) is 10.2 Å². The van der Waals surface area contributed by atoms with Gasteiger partial charge >= 0.3 is 0 Å². The molecule has 0 spiro atoms. The molecule has 0 fully saturated rings. The minimum Gasteiger partial charge on any atom is -0.865 e. The van der Waals surface area contributed by atoms with E-state index in [1.807, 2.05) is 6.07 Å². The van der Waals surface area contributed by atoms with Gasteiger partial charge in [0, 0.05) is 23.1 Å². The Morgan fingerprint density at radius 3 is 2.84 bits per heavy atom. The molecule has 10 heteroatoms. The molecule has 25 heavy (non-hydrogen) atoms. The first-order valence-electron chi connectivity index (χ1n) is 7.04. The van der Waals surface area contributed by atoms with Gasteiger partial charge in [0.2, 0.25) is 11.8 Å². The molecule has 1 aliphatic heterocycles. The number of nitrogens with zero attached hydrogens (tertiary/aromatic N) is 3. The number of nitro benzene ring substituents is 1. The van der Waals surface area contributed by atoms with Gasteiger partial charge in [-0.25, -0.2) is 0 Å². The highest BCUT2D eigenvalue weighted by molar-refractivity contribution is 5.62. The molecule has 0 bridgehead atoms. The van der Waals surface area contributed by atoms with Gasteiger partial charge in [-0.05, 0) is 18.6 Å². The molecule has 1 atom stereocenters. The van der Waals surface area contributed by atoms with E-state index in [-0.39, 0.29) is 23.1 Å². The maximum absolute atomic E-state index is 12.0. The van der Waals surface area contributed by atoms with Crippen molar-refractivity contribution in [2.45, 2.75) is 12.8 Å². The fourth-order valence-corrected chi connectivity index (χ4v) is 2.79. The van der Waals surface area contributed by atoms with E-state index < -0.39 is 22.3 Å². The van der Waals surface area contributed by atoms with E-state index in [1.54, 1.807) is 6.92 Å². The van der Waals surface area contributed by atoms with Crippen molar-refractivity contribution in [3.8, 4) is 23.4 Å². The average molecular weight is 342 g/mol. The standard InChI is InChI=1S/C15H13N5O5/c1-6-11-12(8(5-16)14(17)25-15(11)19-18-6)7-3-9(20(22)23)13(21)10(4-7)24-2/h3-4,12,21H,17H2,1-2H3,(H,18,19)/p-1/t12-/m0/s1. The first-order chi connectivity index (χ1) is 11.9. The molecule has 1 aromatic carbocycles. The summed E-state index contributed by atoms with van der Waals surface area (Å²) in [5.74, 6) is -1.80. The summed E-state index contributed by atoms with van der Waals surface area (Å²) < 4.78 is 10.3. The van der Waals surface area contributed by atoms with Crippen LogP contribution in [0.4, 0.5) is 5.69 Å². The highest BCUT2D eigenvalue weighted by atomic mass is 16.6. The summed E-state index contributed by atoms with van der Waals surface area (Å²) >= 11 is 0. The predicted octanol–water partition coefficient (Wildman–Crippen LogP) is 0.927. The number of nitrogens with one attached hydrogen (secondary N) is 1. The number of aryl methyl sites for hydroxylation is 1. The topological polar surface area (TPSA) is 163 Å². The normalized spacial score (nSPS) is 16.0. The van der Waals surface area contributed by atoms with E-state index in [1.165, 1.54) is 13.2 Å². The second kappa shape index (κ2) is 5.72. The van der Waals surface area contributed by atoms with Gasteiger partial charge in [0.05, 0.1) is 18.0 Å². The maximum atomic E-state index is 12.0. The third-order valence-electron chi connectivity index (χ3n) is 3.94. The lowest BCUT2D eigenvalue weighted by atomic mass is 9.84. The first kappa shape index (κ1) is 16.1. The smallest absolute Gasteiger partial charge is 0.265 e. The van der Waals surface area contributed by atoms with Crippen molar-refractivity contribution in [2.75, 3.05) is 7.11 Å². The number of rotatable bonds is 3. The number of hydrogen-bond donors (Lipinski definition) is 2. The Kier molecular flexibility index (Phi) is 3.69. The first-order valence-corrected chi connectivity index (χ1v) is 7.04. The summed E-state index contributed by atoms with van der Waals surface area (Å²) in [6, 6.07) is 4.43. The molecule has 2 heterocycles. The van der Waals surface area contributed by atoms with Crippen LogP contribution in [0.5, 0.6) is 17.4 Å². The Hall–Kier alpha value is -3.74. The van der Waals surface area contributed by atoms with Crippen LogP contribution in [0.1, 0.15) is 22.7 Å². The van der Waals surface area contributed by atoms with Crippen molar-refractivity contribution in [1.29, 1.82) is 5.26 Å². The van der Waals surface area contributed by atoms with Gasteiger partial charge in [-0.15, -0.1) is 5.10 Å². The molecule has 0 saturated carbocycles. The van der Waals surface area contributed by atoms with E-state index in [4.69, 9.17) is 15.2 Å². The number of benzene rings is 1. The van der Waals surface area contributed by atoms with Crippen molar-refractivity contribution >= 4 is 5.69 Å². The molecule has 3 rings (SSSR count). The molecule has 2 aromatic rings. The van der Waals surface area contributed by atoms with Crippen molar-refractivity contribution < 1.29 is 19.5 Å². The number of nitro groups is 1. The number of H-pyrrole nitrogens is 1. The number of hydrogen-bond acceptors (Lipinski definition) is 8. The number of methoxy groups -OCH3 is 1. The number of fused-ring (bicyclic) bond motifs is 1. The second-order valence-electron chi connectivity index (χ2n) is 5.32. The van der Waals surface area contributed by atoms with Crippen LogP contribution < -0.4 is 20.3 Å². The van der Waals surface area contributed by atoms with Crippen molar-refractivity contribution in [2.24, 2.45) is 5.73 Å². The van der Waals surface area contributed by atoms with Gasteiger partial charge in [-0.2, -0.15) is 5.26 Å². The lowest BCUT2D eigenvalue weighted by Gasteiger charge is -2.25. The lowest BCUT2D eigenvalue weighted by molar-refractivity contribution is -0.398. The van der Waals surface area contributed by atoms with E-state index in [9.17, 15) is 20.5 Å². The van der Waals surface area contributed by atoms with Crippen LogP contribution in [0, 0.1) is 28.4 Å². The zero-order chi connectivity index (χ0) is 18.3. The molecule has 0 unspecified atom stereocenters. The number of ether oxygens (including phenoxy) is 2. The van der Waals surface area contributed by atoms with Crippen LogP contribution in [-0.2, 0) is 0 Å². The van der Waals surface area contributed by atoms with Crippen LogP contribution in [0.3, 0.4) is 0 Å². The SMILES string of the molecule is COc1cc([C@H]2C(C#N)=C(N)Oc3n[nH]c(C)c32)cc([N+](=O)[O-])c1[O-]. The zero-order valence-corrected chi connectivity index (χ0v) is 13.2. The number of nitriles is 1. The molecule has 10 nitrogen and oxygen atoms in total. The van der Waals surface area contributed by atoms with Gasteiger partial charge in [-0.1, -0.05) is 0 Å². The molecule has 3 N–H and O–H groups in total. The molecular formula is C15H12N5O5-. The summed E-state index contributed by atoms with van der Waals surface area (Å²) in [5, 5.41) is 39.4. The number of aromatic nitrogens is 2. The van der Waals surface area contributed by atoms with Gasteiger partial charge in [0.25, 0.3) is 5.69 Å². The average Bonchev–Trinajstić information content (AvgIpc) is 2.94. The Morgan fingerprint density at radius 1 is 1.52 bits per heavy atom. The largest absolute Gasteiger partial charge is 0.865 e. The third kappa shape index (κ3) is 2.38. The van der Waals surface area contributed by atoms with Gasteiger partial charge in [-0.3, -0.25) is 15.2 Å². The Morgan fingerprint density at radius 2 is 2.24 bits per heavy atom. The van der Waals surface area contributed by atoms with Gasteiger partial charge in [0.1, 0.15) is 17.4 Å². The van der Waals surface area contributed by atoms with Gasteiger partial charge < -0.3 is 20.3 Å². The Bertz CT molecular complexity index is 956. The predicted molar refractivity (Wildman–Crippen MR) is 81.7 cm³/mol. The van der Waals surface area contributed by atoms with E-state index >= 15 is 0 Å². The second-order valence-corrected chi connectivity index (χ2v) is 5.32. The lowest BCUT2D eigenvalue weighted by Crippen LogP contribution is -2.21. The quantitative estimate of drug-likeness (QED) is 0.614. The summed E-state index contributed by atoms with van der Waals surface area (Å²) in [4.78, 5) is 10.4. The number of aromatic amines is 1. The summed E-state index contributed by atoms with van der Waals surface area (Å²) in [6.07, 6.45) is 0. The third-order valence-corrected chi connectivity index (χ3v) is 3.94. The molecule has 0 aliphatic carbocycles. The highest BCUT2D eigenvalue weighted by Gasteiger charge is 2.35. The van der Waals surface area contributed by atoms with Crippen LogP contribution in [-0.4, -0.2) is 22.2 Å². The van der Waals surface area contributed by atoms with Crippen molar-refractivity contribution in [3.63, 3.8) is 0 Å². The number of allylic oxidation sites excluding steroid dienone is 1. The van der Waals surface area contributed by atoms with Crippen LogP contribution in [0.25, 0.3) is 0 Å². The molecule has 1 aromatic heterocycles. The molecule has 0 radical (unpaired) electrons. The Labute approximate surface area is 141 Å². The molecule has 0 amide bonds. The molecular weight excluding hydrogens is 330 g/mol. The minimum atomic E-state index is -0.845. The van der Waals surface area contributed by atoms with Crippen molar-refractivity contribution in [3.05, 3.63) is 50.5 Å². The fourth-order valence-electron chi connectivity index (χ4n) is 2.79. The fraction of sp³-hybridized carbons (Fsp3) is 0.200. The van der Waals surface area contributed by atoms with E-state index in [0.717, 1.165) is 6.07 Å². The summed E-state index contributed by atoms with van der Waals surface area (Å²) in [5.41, 5.74) is 6.62. The molecule has 128 valence electrons. The van der Waals surface area contributed by atoms with Crippen LogP contribution >= 0.6 is 0 Å². The van der Waals surface area contributed by atoms with Crippen LogP contribution in [0.2, 0.25) is 0 Å².